The Bertz CT molecular complexity index is 722. The zero-order valence-electron chi connectivity index (χ0n) is 14.5. The summed E-state index contributed by atoms with van der Waals surface area (Å²) in [6.07, 6.45) is 0. The average molecular weight is 382 g/mol. The Kier molecular flexibility index (Phi) is 6.57. The smallest absolute Gasteiger partial charge is 0.329 e. The monoisotopic (exact) mass is 381 g/mol. The molecule has 0 aliphatic carbocycles. The Morgan fingerprint density at radius 3 is 2.58 bits per heavy atom. The minimum atomic E-state index is -0.959. The van der Waals surface area contributed by atoms with Crippen LogP contribution in [-0.4, -0.2) is 54.5 Å². The molecule has 1 atom stereocenters. The van der Waals surface area contributed by atoms with Crippen molar-refractivity contribution in [3.63, 3.8) is 0 Å². The highest BCUT2D eigenvalue weighted by molar-refractivity contribution is 6.33. The molecule has 4 amide bonds. The van der Waals surface area contributed by atoms with Crippen molar-refractivity contribution in [3.05, 3.63) is 34.9 Å². The molecule has 0 aromatic heterocycles. The number of benzene rings is 1. The van der Waals surface area contributed by atoms with Gasteiger partial charge in [0.15, 0.2) is 6.61 Å². The molecule has 1 heterocycles. The number of rotatable bonds is 6. The van der Waals surface area contributed by atoms with Crippen LogP contribution < -0.4 is 10.6 Å². The maximum Gasteiger partial charge on any atom is 0.329 e. The van der Waals surface area contributed by atoms with Crippen LogP contribution in [0.4, 0.5) is 4.79 Å². The molecule has 9 heteroatoms. The van der Waals surface area contributed by atoms with Crippen LogP contribution in [0.1, 0.15) is 24.2 Å². The van der Waals surface area contributed by atoms with E-state index >= 15 is 0 Å². The summed E-state index contributed by atoms with van der Waals surface area (Å²) in [5.41, 5.74) is 0.234. The molecule has 1 aliphatic heterocycles. The van der Waals surface area contributed by atoms with Gasteiger partial charge in [0.2, 0.25) is 0 Å². The lowest BCUT2D eigenvalue weighted by atomic mass is 10.0. The maximum atomic E-state index is 12.3. The molecule has 2 N–H and O–H groups in total. The van der Waals surface area contributed by atoms with Crippen LogP contribution in [0.2, 0.25) is 5.02 Å². The van der Waals surface area contributed by atoms with Gasteiger partial charge >= 0.3 is 12.0 Å². The van der Waals surface area contributed by atoms with Crippen LogP contribution in [0.3, 0.4) is 0 Å². The molecule has 1 fully saturated rings. The van der Waals surface area contributed by atoms with E-state index in [9.17, 15) is 19.2 Å². The number of nitrogens with zero attached hydrogens (tertiary/aromatic N) is 1. The van der Waals surface area contributed by atoms with Crippen molar-refractivity contribution in [2.24, 2.45) is 5.92 Å². The molecule has 0 unspecified atom stereocenters. The molecule has 1 aromatic rings. The summed E-state index contributed by atoms with van der Waals surface area (Å²) in [7, 11) is 0. The van der Waals surface area contributed by atoms with Gasteiger partial charge in [0.25, 0.3) is 11.8 Å². The van der Waals surface area contributed by atoms with Crippen molar-refractivity contribution < 1.29 is 23.9 Å². The number of hydrogen-bond acceptors (Lipinski definition) is 5. The number of amides is 4. The van der Waals surface area contributed by atoms with Gasteiger partial charge in [0.1, 0.15) is 6.04 Å². The highest BCUT2D eigenvalue weighted by atomic mass is 35.5. The summed E-state index contributed by atoms with van der Waals surface area (Å²) in [5.74, 6) is -2.17. The van der Waals surface area contributed by atoms with Crippen LogP contribution in [0, 0.1) is 5.92 Å². The molecule has 1 aliphatic rings. The number of ether oxygens (including phenoxy) is 1. The first-order valence-corrected chi connectivity index (χ1v) is 8.49. The Hall–Kier alpha value is -2.61. The van der Waals surface area contributed by atoms with Crippen molar-refractivity contribution in [1.29, 1.82) is 0 Å². The largest absolute Gasteiger partial charge is 0.454 e. The van der Waals surface area contributed by atoms with Crippen molar-refractivity contribution in [3.8, 4) is 0 Å². The third kappa shape index (κ3) is 4.72. The van der Waals surface area contributed by atoms with Gasteiger partial charge in [-0.1, -0.05) is 37.6 Å². The Balaban J connectivity index is 1.97. The summed E-state index contributed by atoms with van der Waals surface area (Å²) < 4.78 is 5.00. The van der Waals surface area contributed by atoms with Crippen LogP contribution in [0.25, 0.3) is 0 Å². The summed E-state index contributed by atoms with van der Waals surface area (Å²) in [5, 5.41) is 5.32. The highest BCUT2D eigenvalue weighted by Crippen LogP contribution is 2.16. The van der Waals surface area contributed by atoms with Crippen molar-refractivity contribution in [1.82, 2.24) is 15.5 Å². The van der Waals surface area contributed by atoms with Crippen molar-refractivity contribution in [2.45, 2.75) is 19.9 Å². The van der Waals surface area contributed by atoms with Crippen LogP contribution >= 0.6 is 11.6 Å². The molecular weight excluding hydrogens is 362 g/mol. The molecule has 1 saturated heterocycles. The lowest BCUT2D eigenvalue weighted by molar-refractivity contribution is -0.153. The zero-order valence-corrected chi connectivity index (χ0v) is 15.2. The van der Waals surface area contributed by atoms with Gasteiger partial charge < -0.3 is 15.4 Å². The third-order valence-electron chi connectivity index (χ3n) is 3.82. The summed E-state index contributed by atoms with van der Waals surface area (Å²) in [6, 6.07) is 4.98. The SMILES string of the molecule is CC(C)[C@H](NC(=O)c1ccccc1Cl)C(=O)OCC(=O)N1CCNC1=O. The second-order valence-corrected chi connectivity index (χ2v) is 6.47. The molecule has 26 heavy (non-hydrogen) atoms. The van der Waals surface area contributed by atoms with Gasteiger partial charge in [0.05, 0.1) is 10.6 Å². The number of carbonyl (C=O) groups is 4. The summed E-state index contributed by atoms with van der Waals surface area (Å²) >= 11 is 5.99. The predicted octanol–water partition coefficient (Wildman–Crippen LogP) is 1.19. The Labute approximate surface area is 155 Å². The van der Waals surface area contributed by atoms with E-state index in [-0.39, 0.29) is 23.0 Å². The van der Waals surface area contributed by atoms with E-state index in [0.29, 0.717) is 6.54 Å². The highest BCUT2D eigenvalue weighted by Gasteiger charge is 2.30. The van der Waals surface area contributed by atoms with Crippen molar-refractivity contribution in [2.75, 3.05) is 19.7 Å². The molecule has 0 spiro atoms. The lowest BCUT2D eigenvalue weighted by Gasteiger charge is -2.21. The van der Waals surface area contributed by atoms with E-state index < -0.39 is 36.5 Å². The van der Waals surface area contributed by atoms with Crippen LogP contribution in [-0.2, 0) is 14.3 Å². The summed E-state index contributed by atoms with van der Waals surface area (Å²) in [4.78, 5) is 49.0. The number of carbonyl (C=O) groups excluding carboxylic acids is 4. The number of urea groups is 1. The fourth-order valence-corrected chi connectivity index (χ4v) is 2.59. The first-order chi connectivity index (χ1) is 12.3. The van der Waals surface area contributed by atoms with Gasteiger partial charge in [-0.2, -0.15) is 0 Å². The van der Waals surface area contributed by atoms with Crippen LogP contribution in [0.15, 0.2) is 24.3 Å². The fourth-order valence-electron chi connectivity index (χ4n) is 2.37. The van der Waals surface area contributed by atoms with E-state index in [1.54, 1.807) is 32.0 Å². The maximum absolute atomic E-state index is 12.3. The Morgan fingerprint density at radius 1 is 1.31 bits per heavy atom. The number of esters is 1. The normalized spacial score (nSPS) is 14.8. The number of nitrogens with one attached hydrogen (secondary N) is 2. The second kappa shape index (κ2) is 8.66. The van der Waals surface area contributed by atoms with E-state index in [1.165, 1.54) is 6.07 Å². The van der Waals surface area contributed by atoms with E-state index in [0.717, 1.165) is 4.90 Å². The molecule has 1 aromatic carbocycles. The molecule has 2 rings (SSSR count). The second-order valence-electron chi connectivity index (χ2n) is 6.06. The van der Waals surface area contributed by atoms with E-state index in [4.69, 9.17) is 16.3 Å². The quantitative estimate of drug-likeness (QED) is 0.720. The molecular formula is C17H20ClN3O5. The zero-order chi connectivity index (χ0) is 19.3. The number of halogens is 1. The fraction of sp³-hybridized carbons (Fsp3) is 0.412. The molecule has 8 nitrogen and oxygen atoms in total. The molecule has 0 radical (unpaired) electrons. The minimum absolute atomic E-state index is 0.228. The van der Waals surface area contributed by atoms with Crippen LogP contribution in [0.5, 0.6) is 0 Å². The average Bonchev–Trinajstić information content (AvgIpc) is 3.03. The first-order valence-electron chi connectivity index (χ1n) is 8.11. The van der Waals surface area contributed by atoms with Gasteiger partial charge in [-0.3, -0.25) is 14.5 Å². The van der Waals surface area contributed by atoms with Gasteiger partial charge in [-0.15, -0.1) is 0 Å². The van der Waals surface area contributed by atoms with Gasteiger partial charge in [-0.25, -0.2) is 9.59 Å². The molecule has 140 valence electrons. The van der Waals surface area contributed by atoms with Gasteiger partial charge in [0, 0.05) is 13.1 Å². The summed E-state index contributed by atoms with van der Waals surface area (Å²) in [6.45, 7) is 3.48. The first kappa shape index (κ1) is 19.7. The lowest BCUT2D eigenvalue weighted by Crippen LogP contribution is -2.46. The minimum Gasteiger partial charge on any atom is -0.454 e. The standard InChI is InChI=1S/C17H20ClN3O5/c1-10(2)14(20-15(23)11-5-3-4-6-12(11)18)16(24)26-9-13(22)21-8-7-19-17(21)25/h3-6,10,14H,7-9H2,1-2H3,(H,19,25)(H,20,23)/t14-/m0/s1. The Morgan fingerprint density at radius 2 is 2.00 bits per heavy atom. The molecule has 0 saturated carbocycles. The molecule has 0 bridgehead atoms. The topological polar surface area (TPSA) is 105 Å². The number of imide groups is 1. The third-order valence-corrected chi connectivity index (χ3v) is 4.15. The van der Waals surface area contributed by atoms with Crippen molar-refractivity contribution >= 4 is 35.4 Å². The predicted molar refractivity (Wildman–Crippen MR) is 93.6 cm³/mol. The van der Waals surface area contributed by atoms with E-state index in [2.05, 4.69) is 10.6 Å². The number of hydrogen-bond donors (Lipinski definition) is 2. The van der Waals surface area contributed by atoms with Gasteiger partial charge in [-0.05, 0) is 18.1 Å². The van der Waals surface area contributed by atoms with E-state index in [1.807, 2.05) is 0 Å².